The van der Waals surface area contributed by atoms with E-state index in [1.165, 1.54) is 22.1 Å². The van der Waals surface area contributed by atoms with Crippen LogP contribution in [-0.2, 0) is 6.54 Å². The second kappa shape index (κ2) is 5.65. The minimum absolute atomic E-state index is 0.591. The molecular weight excluding hydrogens is 226 g/mol. The third-order valence-corrected chi connectivity index (χ3v) is 4.04. The zero-order chi connectivity index (χ0) is 12.3. The van der Waals surface area contributed by atoms with Crippen molar-refractivity contribution in [2.24, 2.45) is 5.92 Å². The van der Waals surface area contributed by atoms with Gasteiger partial charge in [0, 0.05) is 17.3 Å². The predicted molar refractivity (Wildman–Crippen MR) is 77.6 cm³/mol. The highest BCUT2D eigenvalue weighted by Crippen LogP contribution is 2.25. The number of nitrogens with one attached hydrogen (secondary N) is 1. The molecule has 0 spiro atoms. The van der Waals surface area contributed by atoms with Crippen molar-refractivity contribution in [3.8, 4) is 0 Å². The fourth-order valence-corrected chi connectivity index (χ4v) is 3.21. The van der Waals surface area contributed by atoms with Crippen molar-refractivity contribution in [2.75, 3.05) is 0 Å². The van der Waals surface area contributed by atoms with Crippen molar-refractivity contribution in [3.63, 3.8) is 0 Å². The first-order valence-corrected chi connectivity index (χ1v) is 7.23. The summed E-state index contributed by atoms with van der Waals surface area (Å²) in [7, 11) is 0. The summed E-state index contributed by atoms with van der Waals surface area (Å²) < 4.78 is 1.39. The molecule has 0 radical (unpaired) electrons. The highest BCUT2D eigenvalue weighted by Gasteiger charge is 2.07. The van der Waals surface area contributed by atoms with Crippen LogP contribution < -0.4 is 5.32 Å². The van der Waals surface area contributed by atoms with Gasteiger partial charge in [-0.1, -0.05) is 32.0 Å². The minimum atomic E-state index is 0.591. The lowest BCUT2D eigenvalue weighted by Crippen LogP contribution is -2.26. The van der Waals surface area contributed by atoms with Crippen LogP contribution in [0.4, 0.5) is 0 Å². The Morgan fingerprint density at radius 3 is 2.71 bits per heavy atom. The summed E-state index contributed by atoms with van der Waals surface area (Å²) >= 11 is 1.84. The SMILES string of the molecule is CC(C)CC(C)NCc1csc2ccccc12. The molecule has 1 heterocycles. The van der Waals surface area contributed by atoms with Gasteiger partial charge in [0.25, 0.3) is 0 Å². The normalized spacial score (nSPS) is 13.4. The minimum Gasteiger partial charge on any atom is -0.310 e. The Hall–Kier alpha value is -0.860. The summed E-state index contributed by atoms with van der Waals surface area (Å²) in [5.74, 6) is 0.761. The zero-order valence-electron chi connectivity index (χ0n) is 10.9. The molecule has 2 aromatic rings. The van der Waals surface area contributed by atoms with Crippen LogP contribution >= 0.6 is 11.3 Å². The Bertz CT molecular complexity index is 472. The smallest absolute Gasteiger partial charge is 0.0346 e. The highest BCUT2D eigenvalue weighted by molar-refractivity contribution is 7.17. The first-order chi connectivity index (χ1) is 8.16. The van der Waals surface area contributed by atoms with Gasteiger partial charge in [-0.3, -0.25) is 0 Å². The summed E-state index contributed by atoms with van der Waals surface area (Å²) in [6.45, 7) is 7.81. The predicted octanol–water partition coefficient (Wildman–Crippen LogP) is 4.43. The Labute approximate surface area is 108 Å². The largest absolute Gasteiger partial charge is 0.310 e. The van der Waals surface area contributed by atoms with Crippen LogP contribution in [0.15, 0.2) is 29.6 Å². The lowest BCUT2D eigenvalue weighted by Gasteiger charge is -2.15. The van der Waals surface area contributed by atoms with E-state index in [1.54, 1.807) is 0 Å². The molecule has 0 saturated carbocycles. The third kappa shape index (κ3) is 3.30. The van der Waals surface area contributed by atoms with E-state index in [0.717, 1.165) is 12.5 Å². The monoisotopic (exact) mass is 247 g/mol. The van der Waals surface area contributed by atoms with Crippen molar-refractivity contribution in [3.05, 3.63) is 35.2 Å². The van der Waals surface area contributed by atoms with Crippen molar-refractivity contribution >= 4 is 21.4 Å². The van der Waals surface area contributed by atoms with Gasteiger partial charge in [-0.25, -0.2) is 0 Å². The maximum atomic E-state index is 3.62. The molecule has 1 N–H and O–H groups in total. The average Bonchev–Trinajstić information content (AvgIpc) is 2.69. The topological polar surface area (TPSA) is 12.0 Å². The van der Waals surface area contributed by atoms with E-state index in [0.29, 0.717) is 6.04 Å². The molecule has 0 saturated heterocycles. The summed E-state index contributed by atoms with van der Waals surface area (Å²) in [4.78, 5) is 0. The first-order valence-electron chi connectivity index (χ1n) is 6.35. The van der Waals surface area contributed by atoms with Crippen LogP contribution in [0, 0.1) is 5.92 Å². The van der Waals surface area contributed by atoms with Gasteiger partial charge < -0.3 is 5.32 Å². The molecule has 2 heteroatoms. The maximum Gasteiger partial charge on any atom is 0.0346 e. The number of benzene rings is 1. The second-order valence-corrected chi connectivity index (χ2v) is 6.08. The molecule has 1 aromatic heterocycles. The Kier molecular flexibility index (Phi) is 4.19. The molecule has 1 nitrogen and oxygen atoms in total. The van der Waals surface area contributed by atoms with Gasteiger partial charge in [-0.2, -0.15) is 0 Å². The lowest BCUT2D eigenvalue weighted by molar-refractivity contribution is 0.442. The fourth-order valence-electron chi connectivity index (χ4n) is 2.24. The van der Waals surface area contributed by atoms with E-state index >= 15 is 0 Å². The highest BCUT2D eigenvalue weighted by atomic mass is 32.1. The molecule has 1 unspecified atom stereocenters. The first kappa shape index (κ1) is 12.6. The zero-order valence-corrected chi connectivity index (χ0v) is 11.7. The summed E-state index contributed by atoms with van der Waals surface area (Å²) in [6.07, 6.45) is 1.24. The molecular formula is C15H21NS. The van der Waals surface area contributed by atoms with Crippen LogP contribution in [0.3, 0.4) is 0 Å². The fraction of sp³-hybridized carbons (Fsp3) is 0.467. The standard InChI is InChI=1S/C15H21NS/c1-11(2)8-12(3)16-9-13-10-17-15-7-5-4-6-14(13)15/h4-7,10-12,16H,8-9H2,1-3H3. The van der Waals surface area contributed by atoms with Crippen molar-refractivity contribution in [1.29, 1.82) is 0 Å². The van der Waals surface area contributed by atoms with E-state index in [9.17, 15) is 0 Å². The summed E-state index contributed by atoms with van der Waals surface area (Å²) in [5, 5.41) is 7.30. The van der Waals surface area contributed by atoms with E-state index in [4.69, 9.17) is 0 Å². The molecule has 0 aliphatic heterocycles. The van der Waals surface area contributed by atoms with Crippen LogP contribution in [-0.4, -0.2) is 6.04 Å². The maximum absolute atomic E-state index is 3.62. The van der Waals surface area contributed by atoms with Crippen molar-refractivity contribution in [2.45, 2.75) is 39.8 Å². The Morgan fingerprint density at radius 2 is 1.94 bits per heavy atom. The summed E-state index contributed by atoms with van der Waals surface area (Å²) in [6, 6.07) is 9.23. The molecule has 0 amide bonds. The van der Waals surface area contributed by atoms with Gasteiger partial charge in [0.15, 0.2) is 0 Å². The van der Waals surface area contributed by atoms with Crippen LogP contribution in [0.5, 0.6) is 0 Å². The molecule has 1 aromatic carbocycles. The van der Waals surface area contributed by atoms with Crippen LogP contribution in [0.25, 0.3) is 10.1 Å². The van der Waals surface area contributed by atoms with E-state index in [2.05, 4.69) is 55.7 Å². The van der Waals surface area contributed by atoms with Crippen molar-refractivity contribution in [1.82, 2.24) is 5.32 Å². The molecule has 1 atom stereocenters. The number of fused-ring (bicyclic) bond motifs is 1. The van der Waals surface area contributed by atoms with Gasteiger partial charge in [0.1, 0.15) is 0 Å². The van der Waals surface area contributed by atoms with E-state index < -0.39 is 0 Å². The Balaban J connectivity index is 1.99. The number of hydrogen-bond acceptors (Lipinski definition) is 2. The van der Waals surface area contributed by atoms with Gasteiger partial charge in [-0.05, 0) is 41.7 Å². The quantitative estimate of drug-likeness (QED) is 0.824. The summed E-state index contributed by atoms with van der Waals surface area (Å²) in [5.41, 5.74) is 1.43. The van der Waals surface area contributed by atoms with Gasteiger partial charge in [-0.15, -0.1) is 11.3 Å². The van der Waals surface area contributed by atoms with Gasteiger partial charge in [0.2, 0.25) is 0 Å². The Morgan fingerprint density at radius 1 is 1.18 bits per heavy atom. The van der Waals surface area contributed by atoms with Crippen molar-refractivity contribution < 1.29 is 0 Å². The molecule has 92 valence electrons. The van der Waals surface area contributed by atoms with E-state index in [1.807, 2.05) is 11.3 Å². The number of rotatable bonds is 5. The molecule has 17 heavy (non-hydrogen) atoms. The van der Waals surface area contributed by atoms with Crippen LogP contribution in [0.1, 0.15) is 32.8 Å². The number of thiophene rings is 1. The molecule has 2 rings (SSSR count). The average molecular weight is 247 g/mol. The lowest BCUT2D eigenvalue weighted by atomic mass is 10.0. The van der Waals surface area contributed by atoms with Gasteiger partial charge in [0.05, 0.1) is 0 Å². The molecule has 0 bridgehead atoms. The van der Waals surface area contributed by atoms with E-state index in [-0.39, 0.29) is 0 Å². The van der Waals surface area contributed by atoms with Crippen LogP contribution in [0.2, 0.25) is 0 Å². The molecule has 0 fully saturated rings. The molecule has 0 aliphatic rings. The van der Waals surface area contributed by atoms with Gasteiger partial charge >= 0.3 is 0 Å². The third-order valence-electron chi connectivity index (χ3n) is 3.03. The second-order valence-electron chi connectivity index (χ2n) is 5.17. The molecule has 0 aliphatic carbocycles. The number of hydrogen-bond donors (Lipinski definition) is 1.